The summed E-state index contributed by atoms with van der Waals surface area (Å²) in [6.07, 6.45) is 10.4. The molecule has 7 nitrogen and oxygen atoms in total. The molecule has 1 amide bonds. The summed E-state index contributed by atoms with van der Waals surface area (Å²) in [5, 5.41) is 12.8. The Kier molecular flexibility index (Phi) is 5.73. The van der Waals surface area contributed by atoms with E-state index in [1.54, 1.807) is 23.1 Å². The maximum atomic E-state index is 13.2. The standard InChI is InChI=1S/C24H23ClN6O/c25-18-8-10-19(11-9-18)31-21-7-3-1-2-6-20(21)23(29-31)24(32)27-22-12-14-30(28-22)16-17-5-4-13-26-15-17/h4-5,8-15H,1-3,6-7,16H2,(H,27,28,32). The predicted molar refractivity (Wildman–Crippen MR) is 123 cm³/mol. The van der Waals surface area contributed by atoms with Gasteiger partial charge >= 0.3 is 0 Å². The van der Waals surface area contributed by atoms with Crippen molar-refractivity contribution in [3.63, 3.8) is 0 Å². The number of halogens is 1. The van der Waals surface area contributed by atoms with Gasteiger partial charge in [0.2, 0.25) is 0 Å². The summed E-state index contributed by atoms with van der Waals surface area (Å²) in [5.74, 6) is 0.268. The third kappa shape index (κ3) is 4.29. The smallest absolute Gasteiger partial charge is 0.277 e. The highest BCUT2D eigenvalue weighted by molar-refractivity contribution is 6.30. The molecule has 1 aliphatic carbocycles. The number of anilines is 1. The molecule has 0 fully saturated rings. The molecule has 0 bridgehead atoms. The van der Waals surface area contributed by atoms with Gasteiger partial charge in [-0.2, -0.15) is 10.2 Å². The summed E-state index contributed by atoms with van der Waals surface area (Å²) >= 11 is 6.06. The van der Waals surface area contributed by atoms with E-state index in [0.29, 0.717) is 23.1 Å². The first-order valence-electron chi connectivity index (χ1n) is 10.8. The zero-order chi connectivity index (χ0) is 21.9. The highest BCUT2D eigenvalue weighted by Crippen LogP contribution is 2.27. The normalized spacial score (nSPS) is 13.4. The van der Waals surface area contributed by atoms with Crippen molar-refractivity contribution in [2.45, 2.75) is 38.6 Å². The van der Waals surface area contributed by atoms with Crippen LogP contribution in [0.25, 0.3) is 5.69 Å². The lowest BCUT2D eigenvalue weighted by molar-refractivity contribution is 0.102. The van der Waals surface area contributed by atoms with E-state index in [9.17, 15) is 4.79 Å². The van der Waals surface area contributed by atoms with E-state index >= 15 is 0 Å². The Balaban J connectivity index is 1.41. The van der Waals surface area contributed by atoms with Crippen molar-refractivity contribution in [2.75, 3.05) is 5.32 Å². The van der Waals surface area contributed by atoms with Gasteiger partial charge in [0.25, 0.3) is 5.91 Å². The first-order chi connectivity index (χ1) is 15.7. The number of carbonyl (C=O) groups is 1. The van der Waals surface area contributed by atoms with Gasteiger partial charge in [-0.1, -0.05) is 24.1 Å². The maximum Gasteiger partial charge on any atom is 0.277 e. The SMILES string of the molecule is O=C(Nc1ccn(Cc2cccnc2)n1)c1nn(-c2ccc(Cl)cc2)c2c1CCCCC2. The van der Waals surface area contributed by atoms with E-state index in [4.69, 9.17) is 16.7 Å². The van der Waals surface area contributed by atoms with Gasteiger partial charge in [-0.15, -0.1) is 0 Å². The van der Waals surface area contributed by atoms with Crippen LogP contribution in [0.5, 0.6) is 0 Å². The first kappa shape index (κ1) is 20.5. The van der Waals surface area contributed by atoms with Gasteiger partial charge in [-0.3, -0.25) is 14.5 Å². The van der Waals surface area contributed by atoms with Crippen LogP contribution in [-0.2, 0) is 19.4 Å². The summed E-state index contributed by atoms with van der Waals surface area (Å²) in [6.45, 7) is 0.588. The first-order valence-corrected chi connectivity index (χ1v) is 11.2. The molecule has 0 radical (unpaired) electrons. The summed E-state index contributed by atoms with van der Waals surface area (Å²) in [4.78, 5) is 17.3. The molecule has 5 rings (SSSR count). The minimum absolute atomic E-state index is 0.234. The zero-order valence-electron chi connectivity index (χ0n) is 17.5. The number of hydrogen-bond acceptors (Lipinski definition) is 4. The molecule has 32 heavy (non-hydrogen) atoms. The van der Waals surface area contributed by atoms with Crippen molar-refractivity contribution in [1.29, 1.82) is 0 Å². The summed E-state index contributed by atoms with van der Waals surface area (Å²) in [6, 6.07) is 13.2. The molecule has 4 aromatic rings. The predicted octanol–water partition coefficient (Wildman–Crippen LogP) is 4.69. The van der Waals surface area contributed by atoms with E-state index in [1.165, 1.54) is 0 Å². The van der Waals surface area contributed by atoms with Gasteiger partial charge in [0.15, 0.2) is 11.5 Å². The Morgan fingerprint density at radius 3 is 2.69 bits per heavy atom. The monoisotopic (exact) mass is 446 g/mol. The lowest BCUT2D eigenvalue weighted by Crippen LogP contribution is -2.15. The highest BCUT2D eigenvalue weighted by atomic mass is 35.5. The Hall–Kier alpha value is -3.45. The Labute approximate surface area is 191 Å². The minimum Gasteiger partial charge on any atom is -0.304 e. The second kappa shape index (κ2) is 8.96. The van der Waals surface area contributed by atoms with Gasteiger partial charge in [0, 0.05) is 40.9 Å². The second-order valence-corrected chi connectivity index (χ2v) is 8.37. The van der Waals surface area contributed by atoms with Crippen LogP contribution in [0.2, 0.25) is 5.02 Å². The average Bonchev–Trinajstić information content (AvgIpc) is 3.31. The lowest BCUT2D eigenvalue weighted by Gasteiger charge is -2.07. The number of aromatic nitrogens is 5. The number of nitrogens with zero attached hydrogens (tertiary/aromatic N) is 5. The number of rotatable bonds is 5. The highest BCUT2D eigenvalue weighted by Gasteiger charge is 2.25. The van der Waals surface area contributed by atoms with Crippen molar-refractivity contribution in [1.82, 2.24) is 24.5 Å². The number of pyridine rings is 1. The molecule has 8 heteroatoms. The maximum absolute atomic E-state index is 13.2. The van der Waals surface area contributed by atoms with E-state index in [1.807, 2.05) is 47.3 Å². The molecular weight excluding hydrogens is 424 g/mol. The fourth-order valence-electron chi connectivity index (χ4n) is 4.12. The average molecular weight is 447 g/mol. The van der Waals surface area contributed by atoms with Crippen LogP contribution in [0.4, 0.5) is 5.82 Å². The second-order valence-electron chi connectivity index (χ2n) is 7.94. The Bertz CT molecular complexity index is 1230. The molecule has 3 heterocycles. The molecule has 1 aromatic carbocycles. The van der Waals surface area contributed by atoms with Crippen LogP contribution >= 0.6 is 11.6 Å². The fourth-order valence-corrected chi connectivity index (χ4v) is 4.25. The summed E-state index contributed by atoms with van der Waals surface area (Å²) in [5.41, 5.74) is 4.56. The fraction of sp³-hybridized carbons (Fsp3) is 0.250. The van der Waals surface area contributed by atoms with Crippen molar-refractivity contribution >= 4 is 23.3 Å². The van der Waals surface area contributed by atoms with E-state index in [2.05, 4.69) is 15.4 Å². The van der Waals surface area contributed by atoms with Gasteiger partial charge in [0.1, 0.15) is 0 Å². The minimum atomic E-state index is -0.234. The Morgan fingerprint density at radius 2 is 1.88 bits per heavy atom. The van der Waals surface area contributed by atoms with Crippen molar-refractivity contribution in [3.8, 4) is 5.69 Å². The topological polar surface area (TPSA) is 77.6 Å². The molecule has 1 aliphatic rings. The molecule has 0 saturated heterocycles. The van der Waals surface area contributed by atoms with E-state index in [-0.39, 0.29) is 5.91 Å². The summed E-state index contributed by atoms with van der Waals surface area (Å²) < 4.78 is 3.67. The van der Waals surface area contributed by atoms with Crippen molar-refractivity contribution in [3.05, 3.63) is 88.6 Å². The number of benzene rings is 1. The van der Waals surface area contributed by atoms with Gasteiger partial charge in [0.05, 0.1) is 12.2 Å². The third-order valence-corrected chi connectivity index (χ3v) is 5.92. The molecule has 0 aliphatic heterocycles. The van der Waals surface area contributed by atoms with Gasteiger partial charge < -0.3 is 5.32 Å². The number of amides is 1. The molecular formula is C24H23ClN6O. The third-order valence-electron chi connectivity index (χ3n) is 5.67. The molecule has 0 spiro atoms. The number of carbonyl (C=O) groups excluding carboxylic acids is 1. The zero-order valence-corrected chi connectivity index (χ0v) is 18.3. The molecule has 0 unspecified atom stereocenters. The molecule has 3 aromatic heterocycles. The quantitative estimate of drug-likeness (QED) is 0.451. The van der Waals surface area contributed by atoms with Gasteiger partial charge in [-0.25, -0.2) is 4.68 Å². The van der Waals surface area contributed by atoms with Crippen molar-refractivity contribution in [2.24, 2.45) is 0 Å². The molecule has 0 atom stereocenters. The Morgan fingerprint density at radius 1 is 1.03 bits per heavy atom. The van der Waals surface area contributed by atoms with Crippen LogP contribution in [-0.4, -0.2) is 30.5 Å². The number of hydrogen-bond donors (Lipinski definition) is 1. The number of fused-ring (bicyclic) bond motifs is 1. The summed E-state index contributed by atoms with van der Waals surface area (Å²) in [7, 11) is 0. The van der Waals surface area contributed by atoms with E-state index < -0.39 is 0 Å². The van der Waals surface area contributed by atoms with Crippen LogP contribution in [0, 0.1) is 0 Å². The van der Waals surface area contributed by atoms with Crippen LogP contribution in [0.3, 0.4) is 0 Å². The largest absolute Gasteiger partial charge is 0.304 e. The number of nitrogens with one attached hydrogen (secondary N) is 1. The van der Waals surface area contributed by atoms with Crippen LogP contribution in [0.1, 0.15) is 46.6 Å². The molecule has 1 N–H and O–H groups in total. The van der Waals surface area contributed by atoms with Crippen LogP contribution < -0.4 is 5.32 Å². The lowest BCUT2D eigenvalue weighted by atomic mass is 10.1. The van der Waals surface area contributed by atoms with Crippen molar-refractivity contribution < 1.29 is 4.79 Å². The molecule has 162 valence electrons. The molecule has 0 saturated carbocycles. The van der Waals surface area contributed by atoms with Gasteiger partial charge in [-0.05, 0) is 61.6 Å². The van der Waals surface area contributed by atoms with E-state index in [0.717, 1.165) is 54.6 Å². The van der Waals surface area contributed by atoms with Crippen LogP contribution in [0.15, 0.2) is 61.1 Å².